The molecule has 0 saturated heterocycles. The van der Waals surface area contributed by atoms with Crippen LogP contribution in [-0.4, -0.2) is 52.4 Å². The molecule has 0 fully saturated rings. The van der Waals surface area contributed by atoms with Gasteiger partial charge in [-0.3, -0.25) is 4.57 Å². The normalized spacial score (nSPS) is 15.1. The molecule has 3 N–H and O–H groups in total. The maximum atomic E-state index is 11.8. The van der Waals surface area contributed by atoms with Gasteiger partial charge < -0.3 is 19.4 Å². The van der Waals surface area contributed by atoms with Gasteiger partial charge in [-0.25, -0.2) is 0 Å². The SMILES string of the molecule is CCCCC/C=C\CCCCCCCCC/C=C\CCCC(O)(C[N+](C)(C)C)P(=O)(O)O. The van der Waals surface area contributed by atoms with Crippen LogP contribution in [0.4, 0.5) is 0 Å². The Balaban J connectivity index is 3.68. The van der Waals surface area contributed by atoms with Gasteiger partial charge in [0, 0.05) is 0 Å². The number of hydrogen-bond donors (Lipinski definition) is 3. The molecule has 32 heavy (non-hydrogen) atoms. The number of hydrogen-bond acceptors (Lipinski definition) is 2. The van der Waals surface area contributed by atoms with Crippen LogP contribution >= 0.6 is 7.60 Å². The zero-order valence-corrected chi connectivity index (χ0v) is 22.4. The minimum Gasteiger partial charge on any atom is -0.373 e. The van der Waals surface area contributed by atoms with Gasteiger partial charge in [-0.1, -0.05) is 76.2 Å². The highest BCUT2D eigenvalue weighted by Gasteiger charge is 2.48. The molecule has 0 aliphatic rings. The molecule has 0 aliphatic heterocycles. The Kier molecular flexibility index (Phi) is 17.7. The molecular formula is C26H53NO4P+. The molecule has 0 spiro atoms. The number of allylic oxidation sites excluding steroid dienone is 4. The third-order valence-electron chi connectivity index (χ3n) is 5.77. The fourth-order valence-electron chi connectivity index (χ4n) is 3.97. The number of rotatable bonds is 21. The molecule has 5 nitrogen and oxygen atoms in total. The van der Waals surface area contributed by atoms with Gasteiger partial charge in [-0.15, -0.1) is 0 Å². The summed E-state index contributed by atoms with van der Waals surface area (Å²) in [7, 11) is 0.918. The Morgan fingerprint density at radius 1 is 0.688 bits per heavy atom. The third kappa shape index (κ3) is 18.0. The standard InChI is InChI=1S/C26H52NO4P/c1-5-6-7-8-9-10-11-12-13-14-15-16-17-18-19-20-21-22-23-24-26(28,32(29,30)31)25-27(2,3)4/h9-10,20-21,28H,5-8,11-19,22-25H2,1-4H3,(H-,29,30,31)/p+1/b10-9-,21-20-. The Morgan fingerprint density at radius 3 is 1.44 bits per heavy atom. The number of aliphatic hydroxyl groups is 1. The summed E-state index contributed by atoms with van der Waals surface area (Å²) >= 11 is 0. The predicted octanol–water partition coefficient (Wildman–Crippen LogP) is 6.93. The Hall–Kier alpha value is -0.450. The number of quaternary nitrogens is 1. The lowest BCUT2D eigenvalue weighted by Gasteiger charge is -2.35. The van der Waals surface area contributed by atoms with Crippen molar-refractivity contribution < 1.29 is 23.9 Å². The van der Waals surface area contributed by atoms with Crippen molar-refractivity contribution in [2.24, 2.45) is 0 Å². The molecule has 0 aromatic carbocycles. The van der Waals surface area contributed by atoms with Crippen LogP contribution in [0.1, 0.15) is 110 Å². The second-order valence-electron chi connectivity index (χ2n) is 10.4. The molecule has 0 aromatic rings. The molecular weight excluding hydrogens is 421 g/mol. The van der Waals surface area contributed by atoms with E-state index in [0.717, 1.165) is 12.8 Å². The summed E-state index contributed by atoms with van der Waals surface area (Å²) in [5, 5.41) is 8.58. The molecule has 1 atom stereocenters. The zero-order valence-electron chi connectivity index (χ0n) is 21.5. The van der Waals surface area contributed by atoms with E-state index < -0.39 is 12.9 Å². The van der Waals surface area contributed by atoms with Crippen LogP contribution in [0.5, 0.6) is 0 Å². The highest BCUT2D eigenvalue weighted by atomic mass is 31.2. The van der Waals surface area contributed by atoms with E-state index in [-0.39, 0.29) is 13.0 Å². The number of unbranched alkanes of at least 4 members (excludes halogenated alkanes) is 12. The monoisotopic (exact) mass is 474 g/mol. The van der Waals surface area contributed by atoms with Crippen LogP contribution in [0.3, 0.4) is 0 Å². The van der Waals surface area contributed by atoms with Gasteiger partial charge in [0.1, 0.15) is 6.54 Å². The van der Waals surface area contributed by atoms with Crippen LogP contribution in [0, 0.1) is 0 Å². The minimum atomic E-state index is -4.57. The Bertz CT molecular complexity index is 551. The summed E-state index contributed by atoms with van der Waals surface area (Å²) in [6.07, 6.45) is 27.0. The van der Waals surface area contributed by atoms with Crippen LogP contribution in [0.15, 0.2) is 24.3 Å². The van der Waals surface area contributed by atoms with E-state index >= 15 is 0 Å². The van der Waals surface area contributed by atoms with Crippen LogP contribution in [-0.2, 0) is 4.57 Å². The quantitative estimate of drug-likeness (QED) is 0.0729. The molecule has 0 amide bonds. The summed E-state index contributed by atoms with van der Waals surface area (Å²) in [5.41, 5.74) is 0. The summed E-state index contributed by atoms with van der Waals surface area (Å²) in [5.74, 6) is 0. The summed E-state index contributed by atoms with van der Waals surface area (Å²) in [6.45, 7) is 2.29. The Morgan fingerprint density at radius 2 is 1.06 bits per heavy atom. The second kappa shape index (κ2) is 18.0. The molecule has 0 aromatic heterocycles. The van der Waals surface area contributed by atoms with Crippen molar-refractivity contribution in [3.05, 3.63) is 24.3 Å². The first-order valence-electron chi connectivity index (χ1n) is 12.9. The van der Waals surface area contributed by atoms with Gasteiger partial charge >= 0.3 is 7.60 Å². The molecule has 190 valence electrons. The average molecular weight is 475 g/mol. The Labute approximate surface area is 198 Å². The molecule has 1 unspecified atom stereocenters. The van der Waals surface area contributed by atoms with Crippen molar-refractivity contribution in [2.45, 2.75) is 115 Å². The van der Waals surface area contributed by atoms with Crippen LogP contribution in [0.2, 0.25) is 0 Å². The van der Waals surface area contributed by atoms with Crippen LogP contribution < -0.4 is 0 Å². The lowest BCUT2D eigenvalue weighted by molar-refractivity contribution is -0.875. The molecule has 6 heteroatoms. The van der Waals surface area contributed by atoms with Crippen LogP contribution in [0.25, 0.3) is 0 Å². The number of likely N-dealkylation sites (N-methyl/N-ethyl adjacent to an activating group) is 1. The minimum absolute atomic E-state index is 0.0384. The van der Waals surface area contributed by atoms with Crippen molar-refractivity contribution >= 4 is 7.60 Å². The maximum absolute atomic E-state index is 11.8. The molecule has 0 bridgehead atoms. The fraction of sp³-hybridized carbons (Fsp3) is 0.846. The highest BCUT2D eigenvalue weighted by molar-refractivity contribution is 7.53. The molecule has 0 rings (SSSR count). The molecule has 0 heterocycles. The molecule has 0 aliphatic carbocycles. The van der Waals surface area contributed by atoms with Gasteiger partial charge in [0.15, 0.2) is 0 Å². The summed E-state index contributed by atoms with van der Waals surface area (Å²) < 4.78 is 12.1. The van der Waals surface area contributed by atoms with E-state index in [1.807, 2.05) is 21.1 Å². The lowest BCUT2D eigenvalue weighted by atomic mass is 10.1. The van der Waals surface area contributed by atoms with Gasteiger partial charge in [0.05, 0.1) is 21.1 Å². The predicted molar refractivity (Wildman–Crippen MR) is 138 cm³/mol. The fourth-order valence-corrected chi connectivity index (χ4v) is 5.03. The first-order valence-corrected chi connectivity index (χ1v) is 14.5. The third-order valence-corrected chi connectivity index (χ3v) is 7.22. The topological polar surface area (TPSA) is 77.8 Å². The van der Waals surface area contributed by atoms with Gasteiger partial charge in [-0.05, 0) is 57.8 Å². The lowest BCUT2D eigenvalue weighted by Crippen LogP contribution is -2.49. The van der Waals surface area contributed by atoms with Crippen molar-refractivity contribution in [2.75, 3.05) is 27.7 Å². The average Bonchev–Trinajstić information content (AvgIpc) is 2.67. The zero-order chi connectivity index (χ0) is 24.3. The summed E-state index contributed by atoms with van der Waals surface area (Å²) in [6, 6.07) is 0. The van der Waals surface area contributed by atoms with E-state index in [1.54, 1.807) is 0 Å². The number of nitrogens with zero attached hydrogens (tertiary/aromatic N) is 1. The van der Waals surface area contributed by atoms with Crippen molar-refractivity contribution in [3.8, 4) is 0 Å². The van der Waals surface area contributed by atoms with E-state index in [9.17, 15) is 19.5 Å². The molecule has 0 saturated carbocycles. The van der Waals surface area contributed by atoms with E-state index in [2.05, 4.69) is 31.2 Å². The first kappa shape index (κ1) is 31.6. The van der Waals surface area contributed by atoms with Gasteiger partial charge in [-0.2, -0.15) is 0 Å². The van der Waals surface area contributed by atoms with Crippen molar-refractivity contribution in [1.29, 1.82) is 0 Å². The first-order chi connectivity index (χ1) is 15.0. The highest BCUT2D eigenvalue weighted by Crippen LogP contribution is 2.52. The maximum Gasteiger partial charge on any atom is 0.362 e. The summed E-state index contributed by atoms with van der Waals surface area (Å²) in [4.78, 5) is 19.2. The molecule has 0 radical (unpaired) electrons. The van der Waals surface area contributed by atoms with E-state index in [0.29, 0.717) is 10.9 Å². The van der Waals surface area contributed by atoms with E-state index in [1.165, 1.54) is 77.0 Å². The van der Waals surface area contributed by atoms with Crippen molar-refractivity contribution in [1.82, 2.24) is 0 Å². The van der Waals surface area contributed by atoms with Crippen molar-refractivity contribution in [3.63, 3.8) is 0 Å². The van der Waals surface area contributed by atoms with Gasteiger partial charge in [0.2, 0.25) is 5.34 Å². The second-order valence-corrected chi connectivity index (χ2v) is 12.3. The van der Waals surface area contributed by atoms with Gasteiger partial charge in [0.25, 0.3) is 0 Å². The smallest absolute Gasteiger partial charge is 0.362 e. The van der Waals surface area contributed by atoms with E-state index in [4.69, 9.17) is 0 Å². The largest absolute Gasteiger partial charge is 0.373 e.